The molecule has 2 nitrogen and oxygen atoms in total. The SMILES string of the molecule is CC(C)(C)CC(C)(C)n1c(=S)[nH]c2cc(Br)c(F)cc21. The van der Waals surface area contributed by atoms with E-state index in [2.05, 4.69) is 55.5 Å². The summed E-state index contributed by atoms with van der Waals surface area (Å²) in [5.74, 6) is -0.271. The maximum absolute atomic E-state index is 13.9. The Morgan fingerprint density at radius 3 is 2.40 bits per heavy atom. The van der Waals surface area contributed by atoms with Crippen LogP contribution in [-0.2, 0) is 5.54 Å². The van der Waals surface area contributed by atoms with Crippen LogP contribution in [0.25, 0.3) is 11.0 Å². The van der Waals surface area contributed by atoms with Crippen molar-refractivity contribution in [2.75, 3.05) is 0 Å². The summed E-state index contributed by atoms with van der Waals surface area (Å²) in [6.45, 7) is 10.9. The molecule has 1 aromatic heterocycles. The Morgan fingerprint density at radius 1 is 1.25 bits per heavy atom. The molecule has 0 aliphatic heterocycles. The van der Waals surface area contributed by atoms with Crippen LogP contribution in [0, 0.1) is 16.0 Å². The Morgan fingerprint density at radius 2 is 1.85 bits per heavy atom. The molecule has 0 aliphatic rings. The molecular formula is C15H20BrFN2S. The molecule has 1 N–H and O–H groups in total. The molecule has 2 aromatic rings. The van der Waals surface area contributed by atoms with E-state index in [0.717, 1.165) is 17.5 Å². The van der Waals surface area contributed by atoms with Crippen LogP contribution >= 0.6 is 28.1 Å². The first kappa shape index (κ1) is 15.7. The first-order valence-electron chi connectivity index (χ1n) is 6.61. The van der Waals surface area contributed by atoms with E-state index in [4.69, 9.17) is 12.2 Å². The summed E-state index contributed by atoms with van der Waals surface area (Å²) in [5, 5.41) is 0. The summed E-state index contributed by atoms with van der Waals surface area (Å²) in [7, 11) is 0. The summed E-state index contributed by atoms with van der Waals surface area (Å²) in [4.78, 5) is 3.17. The highest BCUT2D eigenvalue weighted by Gasteiger charge is 2.29. The average molecular weight is 359 g/mol. The molecule has 1 heterocycles. The van der Waals surface area contributed by atoms with E-state index in [0.29, 0.717) is 9.24 Å². The van der Waals surface area contributed by atoms with Crippen LogP contribution < -0.4 is 0 Å². The summed E-state index contributed by atoms with van der Waals surface area (Å²) in [5.41, 5.74) is 1.64. The molecule has 0 radical (unpaired) electrons. The molecule has 20 heavy (non-hydrogen) atoms. The van der Waals surface area contributed by atoms with Crippen molar-refractivity contribution in [2.45, 2.75) is 46.6 Å². The number of aromatic nitrogens is 2. The first-order chi connectivity index (χ1) is 9.01. The summed E-state index contributed by atoms with van der Waals surface area (Å²) < 4.78 is 17.0. The highest BCUT2D eigenvalue weighted by atomic mass is 79.9. The quantitative estimate of drug-likeness (QED) is 0.675. The summed E-state index contributed by atoms with van der Waals surface area (Å²) >= 11 is 8.66. The minimum Gasteiger partial charge on any atom is -0.331 e. The van der Waals surface area contributed by atoms with Crippen molar-refractivity contribution in [3.05, 3.63) is 27.2 Å². The second-order valence-corrected chi connectivity index (χ2v) is 8.34. The van der Waals surface area contributed by atoms with Gasteiger partial charge in [0.2, 0.25) is 0 Å². The van der Waals surface area contributed by atoms with Gasteiger partial charge in [-0.15, -0.1) is 0 Å². The number of benzene rings is 1. The van der Waals surface area contributed by atoms with Crippen LogP contribution in [0.3, 0.4) is 0 Å². The lowest BCUT2D eigenvalue weighted by atomic mass is 9.81. The van der Waals surface area contributed by atoms with Crippen molar-refractivity contribution in [3.8, 4) is 0 Å². The Balaban J connectivity index is 2.68. The number of fused-ring (bicyclic) bond motifs is 1. The van der Waals surface area contributed by atoms with Crippen molar-refractivity contribution in [3.63, 3.8) is 0 Å². The van der Waals surface area contributed by atoms with Gasteiger partial charge in [-0.1, -0.05) is 20.8 Å². The summed E-state index contributed by atoms with van der Waals surface area (Å²) in [6, 6.07) is 3.28. The van der Waals surface area contributed by atoms with Crippen LogP contribution in [0.5, 0.6) is 0 Å². The monoisotopic (exact) mass is 358 g/mol. The fourth-order valence-corrected chi connectivity index (χ4v) is 3.88. The van der Waals surface area contributed by atoms with E-state index in [1.807, 2.05) is 4.57 Å². The molecule has 0 aliphatic carbocycles. The van der Waals surface area contributed by atoms with Crippen LogP contribution in [0.1, 0.15) is 41.0 Å². The van der Waals surface area contributed by atoms with E-state index in [1.165, 1.54) is 6.07 Å². The molecule has 5 heteroatoms. The number of hydrogen-bond donors (Lipinski definition) is 1. The predicted molar refractivity (Wildman–Crippen MR) is 88.2 cm³/mol. The Bertz CT molecular complexity index is 707. The van der Waals surface area contributed by atoms with Gasteiger partial charge < -0.3 is 9.55 Å². The van der Waals surface area contributed by atoms with Gasteiger partial charge in [-0.3, -0.25) is 0 Å². The second kappa shape index (κ2) is 4.95. The molecule has 110 valence electrons. The van der Waals surface area contributed by atoms with Crippen LogP contribution in [-0.4, -0.2) is 9.55 Å². The second-order valence-electron chi connectivity index (χ2n) is 7.10. The minimum atomic E-state index is -0.271. The molecule has 0 saturated heterocycles. The molecule has 0 saturated carbocycles. The van der Waals surface area contributed by atoms with Crippen molar-refractivity contribution in [1.82, 2.24) is 9.55 Å². The lowest BCUT2D eigenvalue weighted by Crippen LogP contribution is -2.31. The lowest BCUT2D eigenvalue weighted by molar-refractivity contribution is 0.217. The summed E-state index contributed by atoms with van der Waals surface area (Å²) in [6.07, 6.45) is 0.943. The van der Waals surface area contributed by atoms with Gasteiger partial charge in [-0.05, 0) is 59.9 Å². The number of nitrogens with one attached hydrogen (secondary N) is 1. The number of nitrogens with zero attached hydrogens (tertiary/aromatic N) is 1. The van der Waals surface area contributed by atoms with Gasteiger partial charge >= 0.3 is 0 Å². The molecule has 0 amide bonds. The van der Waals surface area contributed by atoms with Gasteiger partial charge in [-0.2, -0.15) is 0 Å². The number of rotatable bonds is 2. The van der Waals surface area contributed by atoms with Gasteiger partial charge in [-0.25, -0.2) is 4.39 Å². The lowest BCUT2D eigenvalue weighted by Gasteiger charge is -2.34. The normalized spacial score (nSPS) is 13.2. The van der Waals surface area contributed by atoms with Crippen molar-refractivity contribution < 1.29 is 4.39 Å². The molecule has 0 atom stereocenters. The molecule has 1 aromatic carbocycles. The van der Waals surface area contributed by atoms with Crippen molar-refractivity contribution in [1.29, 1.82) is 0 Å². The third kappa shape index (κ3) is 2.98. The number of halogens is 2. The van der Waals surface area contributed by atoms with E-state index in [1.54, 1.807) is 6.07 Å². The molecule has 0 fully saturated rings. The maximum atomic E-state index is 13.9. The smallest absolute Gasteiger partial charge is 0.178 e. The fourth-order valence-electron chi connectivity index (χ4n) is 3.08. The third-order valence-electron chi connectivity index (χ3n) is 3.29. The zero-order valence-electron chi connectivity index (χ0n) is 12.5. The van der Waals surface area contributed by atoms with Gasteiger partial charge in [0.1, 0.15) is 5.82 Å². The molecule has 0 unspecified atom stereocenters. The van der Waals surface area contributed by atoms with Crippen LogP contribution in [0.4, 0.5) is 4.39 Å². The van der Waals surface area contributed by atoms with Crippen molar-refractivity contribution >= 4 is 39.2 Å². The average Bonchev–Trinajstić information content (AvgIpc) is 2.51. The van der Waals surface area contributed by atoms with Crippen LogP contribution in [0.15, 0.2) is 16.6 Å². The largest absolute Gasteiger partial charge is 0.331 e. The number of aromatic amines is 1. The Hall–Kier alpha value is -0.680. The van der Waals surface area contributed by atoms with Crippen LogP contribution in [0.2, 0.25) is 0 Å². The zero-order chi connectivity index (χ0) is 15.3. The van der Waals surface area contributed by atoms with E-state index in [9.17, 15) is 4.39 Å². The third-order valence-corrected chi connectivity index (χ3v) is 4.18. The van der Waals surface area contributed by atoms with E-state index >= 15 is 0 Å². The molecular weight excluding hydrogens is 339 g/mol. The number of hydrogen-bond acceptors (Lipinski definition) is 1. The predicted octanol–water partition coefficient (Wildman–Crippen LogP) is 5.77. The van der Waals surface area contributed by atoms with Gasteiger partial charge in [0.25, 0.3) is 0 Å². The number of H-pyrrole nitrogens is 1. The van der Waals surface area contributed by atoms with Gasteiger partial charge in [0.15, 0.2) is 4.77 Å². The molecule has 0 spiro atoms. The highest BCUT2D eigenvalue weighted by Crippen LogP contribution is 2.35. The van der Waals surface area contributed by atoms with Crippen molar-refractivity contribution in [2.24, 2.45) is 5.41 Å². The Labute approximate surface area is 132 Å². The first-order valence-corrected chi connectivity index (χ1v) is 7.82. The minimum absolute atomic E-state index is 0.162. The van der Waals surface area contributed by atoms with E-state index in [-0.39, 0.29) is 16.8 Å². The topological polar surface area (TPSA) is 20.7 Å². The standard InChI is InChI=1S/C15H20BrFN2S/c1-14(2,3)8-15(4,5)19-12-7-10(17)9(16)6-11(12)18-13(19)20/h6-7H,8H2,1-5H3,(H,18,20). The maximum Gasteiger partial charge on any atom is 0.178 e. The van der Waals surface area contributed by atoms with Gasteiger partial charge in [0.05, 0.1) is 15.5 Å². The molecule has 2 rings (SSSR count). The molecule has 0 bridgehead atoms. The fraction of sp³-hybridized carbons (Fsp3) is 0.533. The Kier molecular flexibility index (Phi) is 3.89. The highest BCUT2D eigenvalue weighted by molar-refractivity contribution is 9.10. The zero-order valence-corrected chi connectivity index (χ0v) is 14.9. The van der Waals surface area contributed by atoms with E-state index < -0.39 is 0 Å². The number of imidazole rings is 1. The van der Waals surface area contributed by atoms with Gasteiger partial charge in [0, 0.05) is 11.6 Å².